The van der Waals surface area contributed by atoms with Crippen LogP contribution >= 0.6 is 11.6 Å². The van der Waals surface area contributed by atoms with Gasteiger partial charge in [0, 0.05) is 0 Å². The summed E-state index contributed by atoms with van der Waals surface area (Å²) in [6.45, 7) is 0.721. The van der Waals surface area contributed by atoms with Crippen molar-refractivity contribution in [1.29, 1.82) is 0 Å². The minimum atomic E-state index is -0.252. The van der Waals surface area contributed by atoms with Crippen molar-refractivity contribution in [2.45, 2.75) is 18.9 Å². The largest absolute Gasteiger partial charge is 0.496 e. The summed E-state index contributed by atoms with van der Waals surface area (Å²) in [7, 11) is 0. The van der Waals surface area contributed by atoms with Gasteiger partial charge in [-0.1, -0.05) is 0 Å². The van der Waals surface area contributed by atoms with Crippen molar-refractivity contribution in [3.8, 4) is 0 Å². The summed E-state index contributed by atoms with van der Waals surface area (Å²) in [4.78, 5) is 0. The fraction of sp³-hybridized carbons (Fsp3) is 0.400. The highest BCUT2D eigenvalue weighted by molar-refractivity contribution is 6.28. The molecule has 82 valence electrons. The summed E-state index contributed by atoms with van der Waals surface area (Å²) < 4.78 is 10.8. The van der Waals surface area contributed by atoms with Gasteiger partial charge in [0.1, 0.15) is 17.6 Å². The van der Waals surface area contributed by atoms with E-state index in [4.69, 9.17) is 26.6 Å². The monoisotopic (exact) mass is 228 g/mol. The van der Waals surface area contributed by atoms with E-state index >= 15 is 0 Å². The molecular formula is C10H13ClN2O2. The SMILES string of the molecule is NNC(C1=CCCCO1)c1ccc(Cl)o1. The molecule has 15 heavy (non-hydrogen) atoms. The van der Waals surface area contributed by atoms with Crippen LogP contribution in [0.4, 0.5) is 0 Å². The number of hydrazine groups is 1. The Labute approximate surface area is 93.0 Å². The van der Waals surface area contributed by atoms with Gasteiger partial charge in [0.05, 0.1) is 6.61 Å². The zero-order valence-corrected chi connectivity index (χ0v) is 8.96. The summed E-state index contributed by atoms with van der Waals surface area (Å²) >= 11 is 5.70. The summed E-state index contributed by atoms with van der Waals surface area (Å²) in [5.41, 5.74) is 2.66. The molecule has 1 aliphatic rings. The number of nitrogens with two attached hydrogens (primary N) is 1. The van der Waals surface area contributed by atoms with E-state index in [0.29, 0.717) is 11.0 Å². The Morgan fingerprint density at radius 1 is 1.47 bits per heavy atom. The number of hydrogen-bond acceptors (Lipinski definition) is 4. The van der Waals surface area contributed by atoms with E-state index in [1.54, 1.807) is 12.1 Å². The molecule has 1 aliphatic heterocycles. The van der Waals surface area contributed by atoms with Crippen molar-refractivity contribution in [2.24, 2.45) is 5.84 Å². The molecule has 1 atom stereocenters. The van der Waals surface area contributed by atoms with E-state index in [2.05, 4.69) is 5.43 Å². The van der Waals surface area contributed by atoms with Crippen molar-refractivity contribution < 1.29 is 9.15 Å². The second-order valence-electron chi connectivity index (χ2n) is 3.34. The minimum Gasteiger partial charge on any atom is -0.496 e. The third-order valence-electron chi connectivity index (χ3n) is 2.29. The first-order valence-electron chi connectivity index (χ1n) is 4.85. The average molecular weight is 229 g/mol. The van der Waals surface area contributed by atoms with Gasteiger partial charge < -0.3 is 9.15 Å². The van der Waals surface area contributed by atoms with Gasteiger partial charge in [-0.25, -0.2) is 5.43 Å². The van der Waals surface area contributed by atoms with Gasteiger partial charge in [-0.3, -0.25) is 5.84 Å². The average Bonchev–Trinajstić information content (AvgIpc) is 2.68. The molecule has 3 N–H and O–H groups in total. The number of furan rings is 1. The lowest BCUT2D eigenvalue weighted by molar-refractivity contribution is 0.162. The van der Waals surface area contributed by atoms with E-state index in [0.717, 1.165) is 25.2 Å². The topological polar surface area (TPSA) is 60.4 Å². The van der Waals surface area contributed by atoms with Gasteiger partial charge in [-0.2, -0.15) is 0 Å². The molecule has 0 saturated heterocycles. The molecule has 1 aromatic rings. The number of rotatable bonds is 3. The fourth-order valence-electron chi connectivity index (χ4n) is 1.57. The molecule has 0 amide bonds. The van der Waals surface area contributed by atoms with Crippen LogP contribution in [0.25, 0.3) is 0 Å². The molecule has 2 heterocycles. The molecular weight excluding hydrogens is 216 g/mol. The second kappa shape index (κ2) is 4.70. The predicted molar refractivity (Wildman–Crippen MR) is 57.1 cm³/mol. The molecule has 0 fully saturated rings. The van der Waals surface area contributed by atoms with Crippen LogP contribution in [0, 0.1) is 0 Å². The Hall–Kier alpha value is -0.970. The van der Waals surface area contributed by atoms with Crippen LogP contribution in [0.2, 0.25) is 5.22 Å². The Bertz CT molecular complexity index is 362. The molecule has 0 radical (unpaired) electrons. The van der Waals surface area contributed by atoms with Crippen LogP contribution in [0.5, 0.6) is 0 Å². The summed E-state index contributed by atoms with van der Waals surface area (Å²) in [6.07, 6.45) is 4.06. The van der Waals surface area contributed by atoms with Crippen molar-refractivity contribution >= 4 is 11.6 Å². The Balaban J connectivity index is 2.19. The number of halogens is 1. The molecule has 2 rings (SSSR count). The quantitative estimate of drug-likeness (QED) is 0.615. The summed E-state index contributed by atoms with van der Waals surface area (Å²) in [5, 5.41) is 0.349. The molecule has 1 unspecified atom stereocenters. The third-order valence-corrected chi connectivity index (χ3v) is 2.50. The number of ether oxygens (including phenoxy) is 1. The number of nitrogens with one attached hydrogen (secondary N) is 1. The van der Waals surface area contributed by atoms with Crippen LogP contribution in [0.15, 0.2) is 28.4 Å². The standard InChI is InChI=1S/C10H13ClN2O2/c11-9-5-4-8(15-9)10(13-12)7-3-1-2-6-14-7/h3-5,10,13H,1-2,6,12H2. The van der Waals surface area contributed by atoms with Gasteiger partial charge in [0.15, 0.2) is 5.22 Å². The third kappa shape index (κ3) is 2.34. The molecule has 0 bridgehead atoms. The Morgan fingerprint density at radius 3 is 2.87 bits per heavy atom. The van der Waals surface area contributed by atoms with Crippen molar-refractivity contribution in [2.75, 3.05) is 6.61 Å². The zero-order valence-electron chi connectivity index (χ0n) is 8.20. The maximum Gasteiger partial charge on any atom is 0.193 e. The number of allylic oxidation sites excluding steroid dienone is 1. The number of hydrogen-bond donors (Lipinski definition) is 2. The molecule has 5 heteroatoms. The molecule has 0 aliphatic carbocycles. The maximum atomic E-state index is 5.70. The van der Waals surface area contributed by atoms with Crippen LogP contribution in [-0.2, 0) is 4.74 Å². The van der Waals surface area contributed by atoms with E-state index in [9.17, 15) is 0 Å². The van der Waals surface area contributed by atoms with E-state index in [-0.39, 0.29) is 6.04 Å². The van der Waals surface area contributed by atoms with Gasteiger partial charge in [-0.05, 0) is 42.7 Å². The smallest absolute Gasteiger partial charge is 0.193 e. The van der Waals surface area contributed by atoms with E-state index < -0.39 is 0 Å². The van der Waals surface area contributed by atoms with Crippen molar-refractivity contribution in [3.63, 3.8) is 0 Å². The molecule has 0 aromatic carbocycles. The molecule has 0 saturated carbocycles. The van der Waals surface area contributed by atoms with Crippen LogP contribution in [0.3, 0.4) is 0 Å². The molecule has 4 nitrogen and oxygen atoms in total. The molecule has 1 aromatic heterocycles. The zero-order chi connectivity index (χ0) is 10.7. The van der Waals surface area contributed by atoms with Crippen molar-refractivity contribution in [1.82, 2.24) is 5.43 Å². The van der Waals surface area contributed by atoms with Gasteiger partial charge in [0.25, 0.3) is 0 Å². The summed E-state index contributed by atoms with van der Waals surface area (Å²) in [6, 6.07) is 3.22. The van der Waals surface area contributed by atoms with Gasteiger partial charge in [-0.15, -0.1) is 0 Å². The first kappa shape index (κ1) is 10.5. The van der Waals surface area contributed by atoms with Crippen molar-refractivity contribution in [3.05, 3.63) is 34.9 Å². The lowest BCUT2D eigenvalue weighted by Crippen LogP contribution is -2.30. The highest BCUT2D eigenvalue weighted by Gasteiger charge is 2.21. The Kier molecular flexibility index (Phi) is 3.30. The fourth-order valence-corrected chi connectivity index (χ4v) is 1.72. The van der Waals surface area contributed by atoms with E-state index in [1.807, 2.05) is 6.08 Å². The first-order chi connectivity index (χ1) is 7.31. The second-order valence-corrected chi connectivity index (χ2v) is 3.71. The van der Waals surface area contributed by atoms with Crippen LogP contribution in [0.1, 0.15) is 24.6 Å². The highest BCUT2D eigenvalue weighted by atomic mass is 35.5. The van der Waals surface area contributed by atoms with E-state index in [1.165, 1.54) is 0 Å². The van der Waals surface area contributed by atoms with Gasteiger partial charge >= 0.3 is 0 Å². The first-order valence-corrected chi connectivity index (χ1v) is 5.23. The minimum absolute atomic E-state index is 0.252. The molecule has 0 spiro atoms. The van der Waals surface area contributed by atoms with Crippen LogP contribution in [-0.4, -0.2) is 6.61 Å². The Morgan fingerprint density at radius 2 is 2.33 bits per heavy atom. The summed E-state index contributed by atoms with van der Waals surface area (Å²) in [5.74, 6) is 6.93. The van der Waals surface area contributed by atoms with Gasteiger partial charge in [0.2, 0.25) is 0 Å². The maximum absolute atomic E-state index is 5.70. The predicted octanol–water partition coefficient (Wildman–Crippen LogP) is 2.13. The normalized spacial score (nSPS) is 18.1. The lowest BCUT2D eigenvalue weighted by atomic mass is 10.1. The lowest BCUT2D eigenvalue weighted by Gasteiger charge is -2.21. The highest BCUT2D eigenvalue weighted by Crippen LogP contribution is 2.27. The van der Waals surface area contributed by atoms with Crippen LogP contribution < -0.4 is 11.3 Å².